The first kappa shape index (κ1) is 14.8. The van der Waals surface area contributed by atoms with Gasteiger partial charge in [-0.3, -0.25) is 0 Å². The molecule has 0 spiro atoms. The number of nitrogens with two attached hydrogens (primary N) is 1. The van der Waals surface area contributed by atoms with Gasteiger partial charge in [0.2, 0.25) is 0 Å². The van der Waals surface area contributed by atoms with Gasteiger partial charge in [0.15, 0.2) is 0 Å². The Morgan fingerprint density at radius 3 is 2.65 bits per heavy atom. The zero-order chi connectivity index (χ0) is 14.7. The molecule has 5 heteroatoms. The molecule has 3 N–H and O–H groups in total. The quantitative estimate of drug-likeness (QED) is 0.813. The van der Waals surface area contributed by atoms with Crippen LogP contribution in [0.4, 0.5) is 11.4 Å². The number of benzene rings is 2. The molecule has 0 fully saturated rings. The molecule has 0 saturated carbocycles. The number of hydrogen-bond acceptors (Lipinski definition) is 3. The van der Waals surface area contributed by atoms with Gasteiger partial charge in [-0.05, 0) is 47.1 Å². The summed E-state index contributed by atoms with van der Waals surface area (Å²) in [6.45, 7) is 2.01. The summed E-state index contributed by atoms with van der Waals surface area (Å²) in [6.07, 6.45) is 0. The van der Waals surface area contributed by atoms with E-state index in [-0.39, 0.29) is 0 Å². The molecule has 0 aromatic heterocycles. The van der Waals surface area contributed by atoms with Crippen LogP contribution in [-0.2, 0) is 0 Å². The summed E-state index contributed by atoms with van der Waals surface area (Å²) >= 11 is 8.53. The molecule has 2 aromatic carbocycles. The van der Waals surface area contributed by atoms with Gasteiger partial charge in [0.25, 0.3) is 0 Å². The second-order valence-corrected chi connectivity index (χ2v) is 5.68. The van der Waals surface area contributed by atoms with Crippen molar-refractivity contribution in [1.29, 1.82) is 0 Å². The Morgan fingerprint density at radius 1 is 1.25 bits per heavy atom. The predicted molar refractivity (Wildman–Crippen MR) is 91.0 cm³/mol. The largest absolute Gasteiger partial charge is 0.495 e. The predicted octanol–water partition coefficient (Wildman–Crippen LogP) is 4.14. The molecule has 0 heterocycles. The number of halogens is 1. The van der Waals surface area contributed by atoms with Crippen molar-refractivity contribution in [1.82, 2.24) is 0 Å². The van der Waals surface area contributed by atoms with Gasteiger partial charge in [-0.2, -0.15) is 0 Å². The van der Waals surface area contributed by atoms with Crippen LogP contribution in [-0.4, -0.2) is 12.1 Å². The van der Waals surface area contributed by atoms with Crippen LogP contribution in [0.3, 0.4) is 0 Å². The van der Waals surface area contributed by atoms with Crippen molar-refractivity contribution in [3.63, 3.8) is 0 Å². The molecule has 20 heavy (non-hydrogen) atoms. The van der Waals surface area contributed by atoms with E-state index in [0.717, 1.165) is 32.7 Å². The van der Waals surface area contributed by atoms with Crippen LogP contribution >= 0.6 is 28.1 Å². The van der Waals surface area contributed by atoms with Crippen LogP contribution in [0.2, 0.25) is 0 Å². The Balaban J connectivity index is 2.37. The highest BCUT2D eigenvalue weighted by atomic mass is 79.9. The van der Waals surface area contributed by atoms with Crippen molar-refractivity contribution in [2.75, 3.05) is 12.4 Å². The lowest BCUT2D eigenvalue weighted by molar-refractivity contribution is 0.412. The first-order valence-corrected chi connectivity index (χ1v) is 7.22. The first-order chi connectivity index (χ1) is 9.51. The standard InChI is InChI=1S/C15H15BrN2OS/c1-9-3-6-13(11(7-9)15(17)20)18-10-4-5-12(16)14(8-10)19-2/h3-8,18H,1-2H3,(H2,17,20). The van der Waals surface area contributed by atoms with Crippen molar-refractivity contribution in [3.05, 3.63) is 52.0 Å². The number of anilines is 2. The molecule has 3 nitrogen and oxygen atoms in total. The number of rotatable bonds is 4. The molecule has 0 atom stereocenters. The van der Waals surface area contributed by atoms with Crippen LogP contribution in [0, 0.1) is 6.92 Å². The second-order valence-electron chi connectivity index (χ2n) is 4.39. The zero-order valence-electron chi connectivity index (χ0n) is 11.2. The monoisotopic (exact) mass is 350 g/mol. The van der Waals surface area contributed by atoms with Gasteiger partial charge in [-0.25, -0.2) is 0 Å². The minimum atomic E-state index is 0.375. The number of thiocarbonyl (C=S) groups is 1. The summed E-state index contributed by atoms with van der Waals surface area (Å²) in [6, 6.07) is 11.7. The maximum atomic E-state index is 5.78. The highest BCUT2D eigenvalue weighted by Crippen LogP contribution is 2.30. The average molecular weight is 351 g/mol. The smallest absolute Gasteiger partial charge is 0.135 e. The summed E-state index contributed by atoms with van der Waals surface area (Å²) in [5, 5.41) is 3.31. The number of methoxy groups -OCH3 is 1. The molecular formula is C15H15BrN2OS. The van der Waals surface area contributed by atoms with Gasteiger partial charge in [0, 0.05) is 23.0 Å². The SMILES string of the molecule is COc1cc(Nc2ccc(C)cc2C(N)=S)ccc1Br. The molecule has 0 unspecified atom stereocenters. The maximum absolute atomic E-state index is 5.78. The van der Waals surface area contributed by atoms with E-state index in [1.165, 1.54) is 0 Å². The van der Waals surface area contributed by atoms with Crippen LogP contribution in [0.25, 0.3) is 0 Å². The van der Waals surface area contributed by atoms with Crippen LogP contribution in [0.5, 0.6) is 5.75 Å². The summed E-state index contributed by atoms with van der Waals surface area (Å²) in [4.78, 5) is 0.375. The van der Waals surface area contributed by atoms with E-state index < -0.39 is 0 Å². The maximum Gasteiger partial charge on any atom is 0.135 e. The van der Waals surface area contributed by atoms with E-state index in [0.29, 0.717) is 4.99 Å². The second kappa shape index (κ2) is 6.24. The third-order valence-electron chi connectivity index (χ3n) is 2.87. The van der Waals surface area contributed by atoms with Gasteiger partial charge >= 0.3 is 0 Å². The number of aryl methyl sites for hydroxylation is 1. The molecule has 0 amide bonds. The summed E-state index contributed by atoms with van der Waals surface area (Å²) < 4.78 is 6.19. The van der Waals surface area contributed by atoms with E-state index in [1.807, 2.05) is 43.3 Å². The minimum Gasteiger partial charge on any atom is -0.495 e. The highest BCUT2D eigenvalue weighted by molar-refractivity contribution is 9.10. The van der Waals surface area contributed by atoms with Crippen molar-refractivity contribution in [2.24, 2.45) is 5.73 Å². The lowest BCUT2D eigenvalue weighted by atomic mass is 10.1. The van der Waals surface area contributed by atoms with Crippen LogP contribution in [0.15, 0.2) is 40.9 Å². The fourth-order valence-electron chi connectivity index (χ4n) is 1.86. The Labute approximate surface area is 132 Å². The van der Waals surface area contributed by atoms with Crippen LogP contribution in [0.1, 0.15) is 11.1 Å². The fraction of sp³-hybridized carbons (Fsp3) is 0.133. The average Bonchev–Trinajstić information content (AvgIpc) is 2.42. The number of ether oxygens (including phenoxy) is 1. The summed E-state index contributed by atoms with van der Waals surface area (Å²) in [5.41, 5.74) is 9.52. The summed E-state index contributed by atoms with van der Waals surface area (Å²) in [7, 11) is 1.64. The minimum absolute atomic E-state index is 0.375. The summed E-state index contributed by atoms with van der Waals surface area (Å²) in [5.74, 6) is 0.763. The lowest BCUT2D eigenvalue weighted by Gasteiger charge is -2.13. The molecule has 2 aromatic rings. The van der Waals surface area contributed by atoms with Gasteiger partial charge in [-0.15, -0.1) is 0 Å². The molecule has 0 saturated heterocycles. The van der Waals surface area contributed by atoms with Crippen LogP contribution < -0.4 is 15.8 Å². The fourth-order valence-corrected chi connectivity index (χ4v) is 2.44. The van der Waals surface area contributed by atoms with E-state index in [1.54, 1.807) is 7.11 Å². The van der Waals surface area contributed by atoms with E-state index in [4.69, 9.17) is 22.7 Å². The molecule has 0 aliphatic heterocycles. The Hall–Kier alpha value is -1.59. The topological polar surface area (TPSA) is 47.3 Å². The first-order valence-electron chi connectivity index (χ1n) is 6.02. The van der Waals surface area contributed by atoms with Crippen molar-refractivity contribution >= 4 is 44.5 Å². The highest BCUT2D eigenvalue weighted by Gasteiger charge is 2.07. The van der Waals surface area contributed by atoms with Crippen molar-refractivity contribution < 1.29 is 4.74 Å². The normalized spacial score (nSPS) is 10.2. The number of nitrogens with one attached hydrogen (secondary N) is 1. The molecular weight excluding hydrogens is 336 g/mol. The Morgan fingerprint density at radius 2 is 2.00 bits per heavy atom. The van der Waals surface area contributed by atoms with Gasteiger partial charge in [0.05, 0.1) is 11.6 Å². The van der Waals surface area contributed by atoms with E-state index >= 15 is 0 Å². The third-order valence-corrected chi connectivity index (χ3v) is 3.75. The molecule has 0 aliphatic rings. The van der Waals surface area contributed by atoms with Crippen molar-refractivity contribution in [2.45, 2.75) is 6.92 Å². The van der Waals surface area contributed by atoms with Gasteiger partial charge < -0.3 is 15.8 Å². The van der Waals surface area contributed by atoms with Gasteiger partial charge in [-0.1, -0.05) is 23.8 Å². The molecule has 0 bridgehead atoms. The Kier molecular flexibility index (Phi) is 4.62. The molecule has 2 rings (SSSR count). The molecule has 0 radical (unpaired) electrons. The van der Waals surface area contributed by atoms with Crippen molar-refractivity contribution in [3.8, 4) is 5.75 Å². The third kappa shape index (κ3) is 3.29. The van der Waals surface area contributed by atoms with E-state index in [9.17, 15) is 0 Å². The molecule has 104 valence electrons. The zero-order valence-corrected chi connectivity index (χ0v) is 13.6. The Bertz CT molecular complexity index is 658. The lowest BCUT2D eigenvalue weighted by Crippen LogP contribution is -2.12. The van der Waals surface area contributed by atoms with Gasteiger partial charge in [0.1, 0.15) is 10.7 Å². The molecule has 0 aliphatic carbocycles. The number of hydrogen-bond donors (Lipinski definition) is 2. The van der Waals surface area contributed by atoms with E-state index in [2.05, 4.69) is 21.2 Å².